The summed E-state index contributed by atoms with van der Waals surface area (Å²) >= 11 is 7.76. The molecule has 0 bridgehead atoms. The van der Waals surface area contributed by atoms with E-state index in [-0.39, 0.29) is 5.28 Å². The molecule has 1 aliphatic heterocycles. The van der Waals surface area contributed by atoms with E-state index in [0.717, 1.165) is 45.1 Å². The van der Waals surface area contributed by atoms with E-state index >= 15 is 0 Å². The van der Waals surface area contributed by atoms with Gasteiger partial charge in [-0.2, -0.15) is 4.98 Å². The Morgan fingerprint density at radius 3 is 2.67 bits per heavy atom. The van der Waals surface area contributed by atoms with Crippen LogP contribution in [0.5, 0.6) is 0 Å². The summed E-state index contributed by atoms with van der Waals surface area (Å²) in [6.45, 7) is 4.78. The van der Waals surface area contributed by atoms with Crippen LogP contribution in [0, 0.1) is 6.92 Å². The zero-order valence-electron chi connectivity index (χ0n) is 14.9. The van der Waals surface area contributed by atoms with Crippen molar-refractivity contribution in [3.8, 4) is 10.4 Å². The van der Waals surface area contributed by atoms with Gasteiger partial charge in [0, 0.05) is 11.1 Å². The molecule has 0 amide bonds. The van der Waals surface area contributed by atoms with Crippen molar-refractivity contribution < 1.29 is 13.2 Å². The molecular weight excluding hydrogens is 406 g/mol. The fourth-order valence-electron chi connectivity index (χ4n) is 3.18. The molecule has 141 valence electrons. The number of fused-ring (bicyclic) bond motifs is 1. The number of morpholine rings is 1. The van der Waals surface area contributed by atoms with Crippen LogP contribution in [0.1, 0.15) is 5.56 Å². The third-order valence-corrected chi connectivity index (χ3v) is 7.16. The molecule has 1 radical (unpaired) electrons. The SMILES string of the molecule is Cc1c(-c2cccc(S(C)(=O)=O)c2)sc2c([N+]3CCOCC3)nc(Cl)nc12. The molecule has 1 aliphatic rings. The molecule has 1 saturated heterocycles. The first-order chi connectivity index (χ1) is 12.8. The van der Waals surface area contributed by atoms with E-state index in [1.54, 1.807) is 29.5 Å². The summed E-state index contributed by atoms with van der Waals surface area (Å²) in [6.07, 6.45) is 1.21. The summed E-state index contributed by atoms with van der Waals surface area (Å²) in [5.41, 5.74) is 2.63. The van der Waals surface area contributed by atoms with Crippen LogP contribution in [-0.4, -0.2) is 50.9 Å². The first-order valence-electron chi connectivity index (χ1n) is 8.44. The zero-order chi connectivity index (χ0) is 19.2. The highest BCUT2D eigenvalue weighted by Gasteiger charge is 2.30. The molecule has 3 aromatic rings. The van der Waals surface area contributed by atoms with Crippen LogP contribution in [0.15, 0.2) is 29.2 Å². The number of halogens is 1. The van der Waals surface area contributed by atoms with Crippen molar-refractivity contribution in [3.63, 3.8) is 0 Å². The van der Waals surface area contributed by atoms with Gasteiger partial charge in [-0.1, -0.05) is 12.1 Å². The highest BCUT2D eigenvalue weighted by molar-refractivity contribution is 7.90. The number of aryl methyl sites for hydroxylation is 1. The number of hydrogen-bond acceptors (Lipinski definition) is 7. The Balaban J connectivity index is 1.90. The van der Waals surface area contributed by atoms with E-state index in [9.17, 15) is 8.42 Å². The quantitative estimate of drug-likeness (QED) is 0.476. The van der Waals surface area contributed by atoms with Crippen molar-refractivity contribution in [2.75, 3.05) is 32.6 Å². The first-order valence-corrected chi connectivity index (χ1v) is 11.5. The normalized spacial score (nSPS) is 16.1. The molecule has 2 aromatic heterocycles. The molecule has 27 heavy (non-hydrogen) atoms. The average Bonchev–Trinajstić information content (AvgIpc) is 2.98. The van der Waals surface area contributed by atoms with Crippen molar-refractivity contribution in [1.29, 1.82) is 0 Å². The standard InChI is InChI=1S/C18H18ClN3O3S2/c1-11-14-16(17(21-18(19)20-14)22-6-8-25-9-7-22)26-15(11)12-4-3-5-13(10-12)27(2,23)24/h3-5,10H,6-9H2,1-2H3/q+1. The van der Waals surface area contributed by atoms with E-state index in [4.69, 9.17) is 16.3 Å². The molecule has 0 unspecified atom stereocenters. The number of benzene rings is 1. The molecule has 0 aliphatic carbocycles. The van der Waals surface area contributed by atoms with Gasteiger partial charge in [0.25, 0.3) is 5.82 Å². The van der Waals surface area contributed by atoms with Crippen molar-refractivity contribution in [1.82, 2.24) is 14.9 Å². The molecular formula is C18H18ClN3O3S2+. The van der Waals surface area contributed by atoms with Gasteiger partial charge >= 0.3 is 0 Å². The Labute approximate surface area is 166 Å². The molecule has 0 N–H and O–H groups in total. The van der Waals surface area contributed by atoms with Crippen LogP contribution >= 0.6 is 22.9 Å². The van der Waals surface area contributed by atoms with Gasteiger partial charge in [-0.15, -0.1) is 16.2 Å². The van der Waals surface area contributed by atoms with Crippen LogP contribution in [0.2, 0.25) is 5.28 Å². The van der Waals surface area contributed by atoms with E-state index in [1.165, 1.54) is 6.26 Å². The Kier molecular flexibility index (Phi) is 4.94. The summed E-state index contributed by atoms with van der Waals surface area (Å²) in [5.74, 6) is 0.812. The number of hydrogen-bond donors (Lipinski definition) is 0. The number of rotatable bonds is 3. The number of nitrogens with zero attached hydrogens (tertiary/aromatic N) is 3. The molecule has 4 rings (SSSR count). The summed E-state index contributed by atoms with van der Waals surface area (Å²) in [6, 6.07) is 6.99. The van der Waals surface area contributed by atoms with Gasteiger partial charge in [-0.05, 0) is 41.8 Å². The van der Waals surface area contributed by atoms with E-state index < -0.39 is 9.84 Å². The predicted molar refractivity (Wildman–Crippen MR) is 108 cm³/mol. The summed E-state index contributed by atoms with van der Waals surface area (Å²) in [5, 5.41) is 0.210. The van der Waals surface area contributed by atoms with Crippen LogP contribution in [0.3, 0.4) is 0 Å². The second kappa shape index (κ2) is 7.10. The van der Waals surface area contributed by atoms with Gasteiger partial charge in [-0.25, -0.2) is 13.4 Å². The number of anilines is 1. The van der Waals surface area contributed by atoms with Crippen molar-refractivity contribution in [2.45, 2.75) is 11.8 Å². The predicted octanol–water partition coefficient (Wildman–Crippen LogP) is 3.53. The minimum atomic E-state index is -3.27. The van der Waals surface area contributed by atoms with Gasteiger partial charge in [-0.3, -0.25) is 0 Å². The Bertz CT molecular complexity index is 1120. The Morgan fingerprint density at radius 1 is 1.22 bits per heavy atom. The topological polar surface area (TPSA) is 75.1 Å². The molecule has 1 aromatic carbocycles. The lowest BCUT2D eigenvalue weighted by Crippen LogP contribution is -2.37. The fourth-order valence-corrected chi connectivity index (χ4v) is 5.27. The van der Waals surface area contributed by atoms with E-state index in [2.05, 4.69) is 14.9 Å². The lowest BCUT2D eigenvalue weighted by atomic mass is 10.1. The summed E-state index contributed by atoms with van der Waals surface area (Å²) in [7, 11) is -3.27. The van der Waals surface area contributed by atoms with E-state index in [0.29, 0.717) is 18.1 Å². The third-order valence-electron chi connectivity index (χ3n) is 4.56. The largest absolute Gasteiger partial charge is 0.369 e. The second-order valence-corrected chi connectivity index (χ2v) is 9.82. The summed E-state index contributed by atoms with van der Waals surface area (Å²) < 4.78 is 30.2. The van der Waals surface area contributed by atoms with Gasteiger partial charge in [0.05, 0.1) is 10.4 Å². The molecule has 0 spiro atoms. The highest BCUT2D eigenvalue weighted by atomic mass is 35.5. The van der Waals surface area contributed by atoms with Crippen LogP contribution < -0.4 is 4.90 Å². The average molecular weight is 424 g/mol. The second-order valence-electron chi connectivity index (χ2n) is 6.45. The van der Waals surface area contributed by atoms with E-state index in [1.807, 2.05) is 13.0 Å². The molecule has 0 atom stereocenters. The van der Waals surface area contributed by atoms with Crippen molar-refractivity contribution in [3.05, 3.63) is 35.1 Å². The van der Waals surface area contributed by atoms with Crippen LogP contribution in [0.4, 0.5) is 5.82 Å². The van der Waals surface area contributed by atoms with Gasteiger partial charge < -0.3 is 4.74 Å². The lowest BCUT2D eigenvalue weighted by Gasteiger charge is -2.16. The third kappa shape index (κ3) is 3.60. The molecule has 6 nitrogen and oxygen atoms in total. The smallest absolute Gasteiger partial charge is 0.298 e. The van der Waals surface area contributed by atoms with Crippen LogP contribution in [-0.2, 0) is 14.6 Å². The lowest BCUT2D eigenvalue weighted by molar-refractivity contribution is 0.0898. The molecule has 9 heteroatoms. The maximum atomic E-state index is 11.9. The first kappa shape index (κ1) is 18.8. The number of thiophene rings is 1. The Hall–Kier alpha value is -1.58. The number of sulfone groups is 1. The summed E-state index contributed by atoms with van der Waals surface area (Å²) in [4.78, 5) is 12.3. The van der Waals surface area contributed by atoms with Crippen molar-refractivity contribution >= 4 is 48.8 Å². The fraction of sp³-hybridized carbons (Fsp3) is 0.333. The highest BCUT2D eigenvalue weighted by Crippen LogP contribution is 2.41. The molecule has 3 heterocycles. The minimum absolute atomic E-state index is 0.210. The van der Waals surface area contributed by atoms with Crippen molar-refractivity contribution in [2.24, 2.45) is 0 Å². The monoisotopic (exact) mass is 423 g/mol. The molecule has 0 saturated carbocycles. The molecule has 1 fully saturated rings. The van der Waals surface area contributed by atoms with Gasteiger partial charge in [0.15, 0.2) is 22.9 Å². The maximum absolute atomic E-state index is 11.9. The zero-order valence-corrected chi connectivity index (χ0v) is 17.3. The number of ether oxygens (including phenoxy) is 1. The maximum Gasteiger partial charge on any atom is 0.298 e. The van der Waals surface area contributed by atoms with Gasteiger partial charge in [0.2, 0.25) is 5.28 Å². The number of aromatic nitrogens is 2. The van der Waals surface area contributed by atoms with Gasteiger partial charge in [0.1, 0.15) is 17.9 Å². The van der Waals surface area contributed by atoms with Crippen LogP contribution in [0.25, 0.3) is 20.7 Å². The Morgan fingerprint density at radius 2 is 1.96 bits per heavy atom. The minimum Gasteiger partial charge on any atom is -0.369 e.